The molecule has 0 unspecified atom stereocenters. The van der Waals surface area contributed by atoms with Crippen molar-refractivity contribution in [3.63, 3.8) is 0 Å². The van der Waals surface area contributed by atoms with Crippen molar-refractivity contribution >= 4 is 17.3 Å². The fourth-order valence-electron chi connectivity index (χ4n) is 4.12. The van der Waals surface area contributed by atoms with Crippen LogP contribution in [0.1, 0.15) is 47.5 Å². The molecule has 3 N–H and O–H groups in total. The number of fused-ring (bicyclic) bond motifs is 1. The van der Waals surface area contributed by atoms with Crippen molar-refractivity contribution in [2.75, 3.05) is 13.1 Å². The van der Waals surface area contributed by atoms with Crippen LogP contribution in [0.25, 0.3) is 10.4 Å². The number of para-hydroxylation sites is 1. The molecule has 2 aromatic rings. The first kappa shape index (κ1) is 18.5. The second-order valence-corrected chi connectivity index (χ2v) is 9.48. The van der Waals surface area contributed by atoms with Crippen molar-refractivity contribution in [1.29, 1.82) is 0 Å². The number of benzene rings is 1. The topological polar surface area (TPSA) is 75.8 Å². The monoisotopic (exact) mass is 386 g/mol. The van der Waals surface area contributed by atoms with Crippen LogP contribution in [0.2, 0.25) is 0 Å². The predicted molar refractivity (Wildman–Crippen MR) is 107 cm³/mol. The number of thiophene rings is 1. The Morgan fingerprint density at radius 1 is 1.37 bits per heavy atom. The van der Waals surface area contributed by atoms with Crippen molar-refractivity contribution < 1.29 is 14.6 Å². The van der Waals surface area contributed by atoms with E-state index < -0.39 is 5.97 Å². The number of nitrogens with zero attached hydrogens (tertiary/aromatic N) is 1. The largest absolute Gasteiger partial charge is 0.488 e. The third-order valence-corrected chi connectivity index (χ3v) is 6.92. The molecule has 1 aliphatic heterocycles. The molecule has 2 heterocycles. The lowest BCUT2D eigenvalue weighted by Gasteiger charge is -2.29. The number of carboxylic acid groups (broad SMARTS) is 1. The van der Waals surface area contributed by atoms with Gasteiger partial charge in [-0.25, -0.2) is 9.80 Å². The van der Waals surface area contributed by atoms with E-state index in [2.05, 4.69) is 13.8 Å². The van der Waals surface area contributed by atoms with Gasteiger partial charge in [0.05, 0.1) is 10.4 Å². The fraction of sp³-hybridized carbons (Fsp3) is 0.476. The van der Waals surface area contributed by atoms with Gasteiger partial charge in [-0.3, -0.25) is 5.84 Å². The minimum absolute atomic E-state index is 0.0398. The number of aromatic carboxylic acids is 1. The molecule has 1 fully saturated rings. The Morgan fingerprint density at radius 2 is 2.15 bits per heavy atom. The number of rotatable bonds is 4. The highest BCUT2D eigenvalue weighted by molar-refractivity contribution is 7.16. The smallest absolute Gasteiger partial charge is 0.337 e. The Kier molecular flexibility index (Phi) is 4.74. The van der Waals surface area contributed by atoms with Crippen LogP contribution >= 0.6 is 11.3 Å². The lowest BCUT2D eigenvalue weighted by molar-refractivity contribution is 0.0696. The summed E-state index contributed by atoms with van der Waals surface area (Å²) in [7, 11) is 0. The maximum Gasteiger partial charge on any atom is 0.337 e. The van der Waals surface area contributed by atoms with Crippen molar-refractivity contribution in [2.24, 2.45) is 11.3 Å². The number of hydrogen-bond acceptors (Lipinski definition) is 5. The van der Waals surface area contributed by atoms with Crippen LogP contribution in [0.15, 0.2) is 24.3 Å². The summed E-state index contributed by atoms with van der Waals surface area (Å²) in [6, 6.07) is 7.79. The van der Waals surface area contributed by atoms with Gasteiger partial charge < -0.3 is 9.84 Å². The molecular formula is C21H26N2O3S. The number of hydrogen-bond donors (Lipinski definition) is 2. The molecule has 0 spiro atoms. The number of aryl methyl sites for hydroxylation is 1. The van der Waals surface area contributed by atoms with E-state index in [0.717, 1.165) is 54.0 Å². The molecule has 1 atom stereocenters. The molecule has 0 saturated carbocycles. The molecular weight excluding hydrogens is 360 g/mol. The van der Waals surface area contributed by atoms with Gasteiger partial charge in [-0.2, -0.15) is 0 Å². The zero-order chi connectivity index (χ0) is 19.2. The highest BCUT2D eigenvalue weighted by Crippen LogP contribution is 2.47. The van der Waals surface area contributed by atoms with Gasteiger partial charge in [0.25, 0.3) is 0 Å². The Morgan fingerprint density at radius 3 is 2.85 bits per heavy atom. The van der Waals surface area contributed by atoms with Gasteiger partial charge in [-0.15, -0.1) is 11.3 Å². The van der Waals surface area contributed by atoms with Crippen LogP contribution in [-0.2, 0) is 12.8 Å². The Bertz CT molecular complexity index is 874. The summed E-state index contributed by atoms with van der Waals surface area (Å²) in [5, 5.41) is 11.8. The van der Waals surface area contributed by atoms with Crippen LogP contribution in [0.3, 0.4) is 0 Å². The minimum Gasteiger partial charge on any atom is -0.488 e. The Hall–Kier alpha value is -1.89. The quantitative estimate of drug-likeness (QED) is 0.778. The number of hydrazine groups is 1. The van der Waals surface area contributed by atoms with E-state index in [0.29, 0.717) is 12.1 Å². The maximum absolute atomic E-state index is 12.2. The predicted octanol–water partition coefficient (Wildman–Crippen LogP) is 3.96. The third-order valence-electron chi connectivity index (χ3n) is 5.59. The molecule has 0 radical (unpaired) electrons. The first-order valence-electron chi connectivity index (χ1n) is 9.47. The highest BCUT2D eigenvalue weighted by atomic mass is 32.1. The number of carbonyl (C=O) groups is 1. The molecule has 1 aromatic heterocycles. The molecule has 4 rings (SSSR count). The summed E-state index contributed by atoms with van der Waals surface area (Å²) >= 11 is 1.62. The van der Waals surface area contributed by atoms with E-state index in [4.69, 9.17) is 10.6 Å². The lowest BCUT2D eigenvalue weighted by atomic mass is 9.76. The van der Waals surface area contributed by atoms with Crippen LogP contribution in [0, 0.1) is 5.41 Å². The zero-order valence-electron chi connectivity index (χ0n) is 15.8. The number of ether oxygens (including phenoxy) is 1. The second kappa shape index (κ2) is 6.93. The first-order valence-corrected chi connectivity index (χ1v) is 10.3. The maximum atomic E-state index is 12.2. The van der Waals surface area contributed by atoms with E-state index in [1.807, 2.05) is 24.3 Å². The summed E-state index contributed by atoms with van der Waals surface area (Å²) < 4.78 is 6.23. The zero-order valence-corrected chi connectivity index (χ0v) is 16.6. The molecule has 27 heavy (non-hydrogen) atoms. The molecule has 144 valence electrons. The van der Waals surface area contributed by atoms with Gasteiger partial charge in [-0.1, -0.05) is 26.0 Å². The van der Waals surface area contributed by atoms with Crippen LogP contribution in [-0.4, -0.2) is 35.3 Å². The SMILES string of the molecule is CC1(C)CCc2sc(-c3ccccc3O[C@H]3CCN(N)C3)c(C(=O)O)c2C1. The van der Waals surface area contributed by atoms with Gasteiger partial charge >= 0.3 is 5.97 Å². The molecule has 5 nitrogen and oxygen atoms in total. The van der Waals surface area contributed by atoms with Gasteiger partial charge in [0.15, 0.2) is 0 Å². The van der Waals surface area contributed by atoms with E-state index in [9.17, 15) is 9.90 Å². The summed E-state index contributed by atoms with van der Waals surface area (Å²) in [4.78, 5) is 14.2. The summed E-state index contributed by atoms with van der Waals surface area (Å²) in [6.07, 6.45) is 3.77. The molecule has 6 heteroatoms. The Labute approximate surface area is 163 Å². The van der Waals surface area contributed by atoms with Crippen LogP contribution in [0.4, 0.5) is 0 Å². The number of carboxylic acids is 1. The minimum atomic E-state index is -0.844. The molecule has 1 aromatic carbocycles. The number of nitrogens with two attached hydrogens (primary N) is 1. The molecule has 2 aliphatic rings. The Balaban J connectivity index is 1.76. The van der Waals surface area contributed by atoms with E-state index in [-0.39, 0.29) is 11.5 Å². The summed E-state index contributed by atoms with van der Waals surface area (Å²) in [5.74, 6) is 5.77. The normalized spacial score (nSPS) is 21.8. The molecule has 1 saturated heterocycles. The standard InChI is InChI=1S/C21H26N2O3S/c1-21(2)9-7-17-15(11-21)18(20(24)25)19(27-17)14-5-3-4-6-16(14)26-13-8-10-23(22)12-13/h3-6,13H,7-12,22H2,1-2H3,(H,24,25)/t13-/m0/s1. The third kappa shape index (κ3) is 3.61. The van der Waals surface area contributed by atoms with Crippen LogP contribution < -0.4 is 10.6 Å². The van der Waals surface area contributed by atoms with E-state index >= 15 is 0 Å². The fourth-order valence-corrected chi connectivity index (χ4v) is 5.46. The van der Waals surface area contributed by atoms with Gasteiger partial charge in [0.1, 0.15) is 11.9 Å². The average molecular weight is 387 g/mol. The highest BCUT2D eigenvalue weighted by Gasteiger charge is 2.34. The van der Waals surface area contributed by atoms with Gasteiger partial charge in [0.2, 0.25) is 0 Å². The second-order valence-electron chi connectivity index (χ2n) is 8.37. The molecule has 0 amide bonds. The average Bonchev–Trinajstić information content (AvgIpc) is 3.17. The summed E-state index contributed by atoms with van der Waals surface area (Å²) in [5.41, 5.74) is 2.50. The summed E-state index contributed by atoms with van der Waals surface area (Å²) in [6.45, 7) is 5.94. The van der Waals surface area contributed by atoms with Crippen molar-refractivity contribution in [3.8, 4) is 16.2 Å². The van der Waals surface area contributed by atoms with Crippen molar-refractivity contribution in [1.82, 2.24) is 5.01 Å². The lowest BCUT2D eigenvalue weighted by Crippen LogP contribution is -2.30. The van der Waals surface area contributed by atoms with E-state index in [1.165, 1.54) is 4.88 Å². The van der Waals surface area contributed by atoms with E-state index in [1.54, 1.807) is 16.3 Å². The van der Waals surface area contributed by atoms with Gasteiger partial charge in [0, 0.05) is 23.5 Å². The molecule has 1 aliphatic carbocycles. The van der Waals surface area contributed by atoms with Crippen LogP contribution in [0.5, 0.6) is 5.75 Å². The van der Waals surface area contributed by atoms with Gasteiger partial charge in [-0.05, 0) is 48.8 Å². The molecule has 0 bridgehead atoms. The first-order chi connectivity index (χ1) is 12.8. The van der Waals surface area contributed by atoms with Crippen molar-refractivity contribution in [2.45, 2.75) is 45.6 Å². The van der Waals surface area contributed by atoms with Crippen molar-refractivity contribution in [3.05, 3.63) is 40.3 Å².